The smallest absolute Gasteiger partial charge is 0.372 e. The fourth-order valence-corrected chi connectivity index (χ4v) is 3.18. The Morgan fingerprint density at radius 1 is 1.52 bits per heavy atom. The van der Waals surface area contributed by atoms with E-state index in [0.717, 1.165) is 4.68 Å². The summed E-state index contributed by atoms with van der Waals surface area (Å²) < 4.78 is 6.26. The molecular weight excluding hydrogens is 330 g/mol. The van der Waals surface area contributed by atoms with Gasteiger partial charge in [0, 0.05) is 19.7 Å². The first-order chi connectivity index (χ1) is 10.8. The Balaban J connectivity index is 1.76. The van der Waals surface area contributed by atoms with Crippen LogP contribution in [0.4, 0.5) is 5.82 Å². The molecule has 0 bridgehead atoms. The van der Waals surface area contributed by atoms with Crippen LogP contribution in [0.5, 0.6) is 0 Å². The van der Waals surface area contributed by atoms with E-state index in [1.165, 1.54) is 11.9 Å². The van der Waals surface area contributed by atoms with Crippen LogP contribution < -0.4 is 5.32 Å². The molecule has 23 heavy (non-hydrogen) atoms. The Hall–Kier alpha value is -2.20. The van der Waals surface area contributed by atoms with E-state index in [4.69, 9.17) is 16.3 Å². The Kier molecular flexibility index (Phi) is 3.72. The molecule has 0 radical (unpaired) electrons. The van der Waals surface area contributed by atoms with Gasteiger partial charge >= 0.3 is 5.82 Å². The second-order valence-corrected chi connectivity index (χ2v) is 6.04. The number of likely N-dealkylation sites (tertiary alicyclic amines) is 1. The van der Waals surface area contributed by atoms with Gasteiger partial charge in [-0.05, 0) is 11.3 Å². The van der Waals surface area contributed by atoms with Crippen LogP contribution in [0.25, 0.3) is 0 Å². The topological polar surface area (TPSA) is 120 Å². The lowest BCUT2D eigenvalue weighted by Gasteiger charge is -2.49. The predicted molar refractivity (Wildman–Crippen MR) is 77.1 cm³/mol. The molecule has 1 N–H and O–H groups in total. The number of ether oxygens (including phenoxy) is 1. The zero-order valence-electron chi connectivity index (χ0n) is 12.2. The summed E-state index contributed by atoms with van der Waals surface area (Å²) in [6.45, 7) is 1.04. The molecule has 0 aromatic carbocycles. The van der Waals surface area contributed by atoms with E-state index in [-0.39, 0.29) is 23.2 Å². The van der Waals surface area contributed by atoms with Crippen molar-refractivity contribution in [3.63, 3.8) is 0 Å². The van der Waals surface area contributed by atoms with Crippen molar-refractivity contribution in [1.29, 1.82) is 0 Å². The summed E-state index contributed by atoms with van der Waals surface area (Å²) in [4.78, 5) is 35.7. The number of amides is 2. The lowest BCUT2D eigenvalue weighted by Crippen LogP contribution is -2.71. The van der Waals surface area contributed by atoms with Crippen LogP contribution in [0.1, 0.15) is 16.9 Å². The van der Waals surface area contributed by atoms with Crippen LogP contribution in [0.15, 0.2) is 0 Å². The summed E-state index contributed by atoms with van der Waals surface area (Å²) in [5.41, 5.74) is -0.537. The predicted octanol–water partition coefficient (Wildman–Crippen LogP) is -0.287. The zero-order chi connectivity index (χ0) is 16.8. The molecule has 0 atom stereocenters. The Bertz CT molecular complexity index is 696. The first kappa shape index (κ1) is 15.7. The van der Waals surface area contributed by atoms with Crippen LogP contribution in [0.2, 0.25) is 5.02 Å². The van der Waals surface area contributed by atoms with E-state index in [0.29, 0.717) is 26.1 Å². The van der Waals surface area contributed by atoms with Gasteiger partial charge in [0.2, 0.25) is 5.91 Å². The molecular formula is C12H14ClN5O5. The van der Waals surface area contributed by atoms with Crippen molar-refractivity contribution in [3.05, 3.63) is 20.8 Å². The Morgan fingerprint density at radius 3 is 2.83 bits per heavy atom. The quantitative estimate of drug-likeness (QED) is 0.582. The van der Waals surface area contributed by atoms with Gasteiger partial charge in [0.25, 0.3) is 5.91 Å². The molecule has 3 heterocycles. The molecule has 2 amide bonds. The van der Waals surface area contributed by atoms with Crippen molar-refractivity contribution in [2.24, 2.45) is 7.05 Å². The van der Waals surface area contributed by atoms with Crippen molar-refractivity contribution >= 4 is 29.2 Å². The van der Waals surface area contributed by atoms with E-state index >= 15 is 0 Å². The number of rotatable bonds is 2. The standard InChI is InChI=1S/C12H14ClN5O5/c1-16-9(8(13)10(15-16)18(21)22)11(20)17-5-12(6-17)2-3-23-4-7(19)14-12/h2-6H2,1H3,(H,14,19). The van der Waals surface area contributed by atoms with E-state index in [1.807, 2.05) is 0 Å². The number of nitrogens with zero attached hydrogens (tertiary/aromatic N) is 4. The summed E-state index contributed by atoms with van der Waals surface area (Å²) >= 11 is 5.91. The van der Waals surface area contributed by atoms with Crippen LogP contribution in [0.3, 0.4) is 0 Å². The van der Waals surface area contributed by atoms with Crippen molar-refractivity contribution in [1.82, 2.24) is 20.0 Å². The van der Waals surface area contributed by atoms with Crippen LogP contribution in [-0.2, 0) is 16.6 Å². The molecule has 10 nitrogen and oxygen atoms in total. The van der Waals surface area contributed by atoms with Crippen LogP contribution in [-0.4, -0.2) is 63.3 Å². The van der Waals surface area contributed by atoms with Gasteiger partial charge in [-0.1, -0.05) is 11.6 Å². The summed E-state index contributed by atoms with van der Waals surface area (Å²) in [5, 5.41) is 17.1. The van der Waals surface area contributed by atoms with Gasteiger partial charge in [0.1, 0.15) is 6.61 Å². The number of hydrogen-bond donors (Lipinski definition) is 1. The maximum Gasteiger partial charge on any atom is 0.409 e. The molecule has 0 saturated carbocycles. The summed E-state index contributed by atoms with van der Waals surface area (Å²) in [5.74, 6) is -1.23. The molecule has 2 aliphatic heterocycles. The van der Waals surface area contributed by atoms with Gasteiger partial charge in [-0.15, -0.1) is 0 Å². The highest BCUT2D eigenvalue weighted by molar-refractivity contribution is 6.35. The Labute approximate surface area is 135 Å². The van der Waals surface area contributed by atoms with E-state index in [9.17, 15) is 19.7 Å². The average molecular weight is 344 g/mol. The maximum atomic E-state index is 12.5. The molecule has 124 valence electrons. The normalized spacial score (nSPS) is 19.9. The molecule has 0 unspecified atom stereocenters. The minimum Gasteiger partial charge on any atom is -0.372 e. The first-order valence-electron chi connectivity index (χ1n) is 6.88. The van der Waals surface area contributed by atoms with Crippen LogP contribution in [0, 0.1) is 10.1 Å². The molecule has 3 rings (SSSR count). The number of aromatic nitrogens is 2. The number of carbonyl (C=O) groups is 2. The van der Waals surface area contributed by atoms with Gasteiger partial charge in [-0.2, -0.15) is 4.68 Å². The summed E-state index contributed by atoms with van der Waals surface area (Å²) in [7, 11) is 1.42. The third-order valence-corrected chi connectivity index (χ3v) is 4.33. The van der Waals surface area contributed by atoms with E-state index in [1.54, 1.807) is 0 Å². The summed E-state index contributed by atoms with van der Waals surface area (Å²) in [6, 6.07) is 0. The number of nitrogens with one attached hydrogen (secondary N) is 1. The molecule has 2 fully saturated rings. The highest BCUT2D eigenvalue weighted by Gasteiger charge is 2.48. The van der Waals surface area contributed by atoms with E-state index < -0.39 is 22.2 Å². The fraction of sp³-hybridized carbons (Fsp3) is 0.583. The zero-order valence-corrected chi connectivity index (χ0v) is 13.0. The monoisotopic (exact) mass is 343 g/mol. The molecule has 1 aromatic rings. The molecule has 1 spiro atoms. The highest BCUT2D eigenvalue weighted by Crippen LogP contribution is 2.32. The Morgan fingerprint density at radius 2 is 2.22 bits per heavy atom. The van der Waals surface area contributed by atoms with Crippen molar-refractivity contribution in [2.45, 2.75) is 12.0 Å². The number of hydrogen-bond acceptors (Lipinski definition) is 6. The van der Waals surface area contributed by atoms with Crippen molar-refractivity contribution in [2.75, 3.05) is 26.3 Å². The highest BCUT2D eigenvalue weighted by atomic mass is 35.5. The molecule has 11 heteroatoms. The van der Waals surface area contributed by atoms with Gasteiger partial charge < -0.3 is 25.1 Å². The van der Waals surface area contributed by atoms with Crippen molar-refractivity contribution < 1.29 is 19.2 Å². The second kappa shape index (κ2) is 5.46. The SMILES string of the molecule is Cn1nc([N+](=O)[O-])c(Cl)c1C(=O)N1CC2(CCOCC(=O)N2)C1. The molecule has 1 aromatic heterocycles. The molecule has 2 aliphatic rings. The van der Waals surface area contributed by atoms with Gasteiger partial charge in [0.15, 0.2) is 10.7 Å². The number of nitro groups is 1. The average Bonchev–Trinajstić information content (AvgIpc) is 2.62. The second-order valence-electron chi connectivity index (χ2n) is 5.66. The minimum atomic E-state index is -0.737. The third kappa shape index (κ3) is 2.63. The first-order valence-corrected chi connectivity index (χ1v) is 7.26. The van der Waals surface area contributed by atoms with Gasteiger partial charge in [0.05, 0.1) is 17.7 Å². The van der Waals surface area contributed by atoms with Gasteiger partial charge in [-0.25, -0.2) is 0 Å². The third-order valence-electron chi connectivity index (χ3n) is 3.99. The molecule has 2 saturated heterocycles. The lowest BCUT2D eigenvalue weighted by atomic mass is 9.86. The van der Waals surface area contributed by atoms with Gasteiger partial charge in [-0.3, -0.25) is 9.59 Å². The molecule has 0 aliphatic carbocycles. The summed E-state index contributed by atoms with van der Waals surface area (Å²) in [6.07, 6.45) is 0.599. The maximum absolute atomic E-state index is 12.5. The number of halogens is 1. The number of carbonyl (C=O) groups excluding carboxylic acids is 2. The lowest BCUT2D eigenvalue weighted by molar-refractivity contribution is -0.389. The van der Waals surface area contributed by atoms with Crippen LogP contribution >= 0.6 is 11.6 Å². The number of aryl methyl sites for hydroxylation is 1. The van der Waals surface area contributed by atoms with Crippen molar-refractivity contribution in [3.8, 4) is 0 Å². The fourth-order valence-electron chi connectivity index (χ4n) is 2.87. The minimum absolute atomic E-state index is 0.00937. The van der Waals surface area contributed by atoms with E-state index in [2.05, 4.69) is 10.4 Å². The largest absolute Gasteiger partial charge is 0.409 e.